The van der Waals surface area contributed by atoms with Crippen molar-refractivity contribution in [2.45, 2.75) is 12.5 Å². The number of hydrogen-bond acceptors (Lipinski definition) is 3. The van der Waals surface area contributed by atoms with Crippen molar-refractivity contribution in [1.82, 2.24) is 10.2 Å². The highest BCUT2D eigenvalue weighted by Crippen LogP contribution is 2.22. The molecule has 6 heteroatoms. The van der Waals surface area contributed by atoms with E-state index in [9.17, 15) is 4.79 Å². The molecular weight excluding hydrogens is 285 g/mol. The van der Waals surface area contributed by atoms with E-state index < -0.39 is 6.04 Å². The molecule has 2 rings (SSSR count). The van der Waals surface area contributed by atoms with Crippen molar-refractivity contribution < 1.29 is 4.79 Å². The first-order valence-electron chi connectivity index (χ1n) is 6.27. The third kappa shape index (κ3) is 3.83. The quantitative estimate of drug-likeness (QED) is 0.885. The summed E-state index contributed by atoms with van der Waals surface area (Å²) in [6, 6.07) is 4.68. The molecule has 4 nitrogen and oxygen atoms in total. The lowest BCUT2D eigenvalue weighted by Crippen LogP contribution is -2.52. The molecule has 1 atom stereocenters. The standard InChI is InChI=1S/C13H17Cl2N3O/c14-10-2-1-9(11(15)8-10)7-12(16)13(19)18-5-3-17-4-6-18/h1-2,8,12,17H,3-7,16H2. The third-order valence-electron chi connectivity index (χ3n) is 3.20. The molecule has 1 heterocycles. The zero-order chi connectivity index (χ0) is 13.8. The van der Waals surface area contributed by atoms with E-state index in [0.29, 0.717) is 29.6 Å². The minimum atomic E-state index is -0.559. The largest absolute Gasteiger partial charge is 0.339 e. The molecule has 0 bridgehead atoms. The van der Waals surface area contributed by atoms with Crippen molar-refractivity contribution in [1.29, 1.82) is 0 Å². The van der Waals surface area contributed by atoms with Gasteiger partial charge in [0.15, 0.2) is 0 Å². The first-order chi connectivity index (χ1) is 9.08. The number of hydrogen-bond donors (Lipinski definition) is 2. The summed E-state index contributed by atoms with van der Waals surface area (Å²) in [5.41, 5.74) is 6.83. The summed E-state index contributed by atoms with van der Waals surface area (Å²) >= 11 is 11.9. The predicted molar refractivity (Wildman–Crippen MR) is 77.6 cm³/mol. The summed E-state index contributed by atoms with van der Waals surface area (Å²) in [5, 5.41) is 4.33. The summed E-state index contributed by atoms with van der Waals surface area (Å²) in [4.78, 5) is 14.0. The van der Waals surface area contributed by atoms with Crippen molar-refractivity contribution in [3.63, 3.8) is 0 Å². The minimum Gasteiger partial charge on any atom is -0.339 e. The fourth-order valence-corrected chi connectivity index (χ4v) is 2.62. The lowest BCUT2D eigenvalue weighted by Gasteiger charge is -2.29. The third-order valence-corrected chi connectivity index (χ3v) is 3.79. The molecule has 0 aliphatic carbocycles. The molecule has 0 saturated carbocycles. The van der Waals surface area contributed by atoms with Crippen LogP contribution in [0, 0.1) is 0 Å². The van der Waals surface area contributed by atoms with Crippen LogP contribution in [0.3, 0.4) is 0 Å². The Morgan fingerprint density at radius 3 is 2.68 bits per heavy atom. The molecule has 1 amide bonds. The number of nitrogens with two attached hydrogens (primary N) is 1. The van der Waals surface area contributed by atoms with Crippen LogP contribution in [0.4, 0.5) is 0 Å². The normalized spacial score (nSPS) is 17.3. The lowest BCUT2D eigenvalue weighted by molar-refractivity contribution is -0.133. The van der Waals surface area contributed by atoms with Gasteiger partial charge in [-0.25, -0.2) is 0 Å². The van der Waals surface area contributed by atoms with Crippen LogP contribution < -0.4 is 11.1 Å². The van der Waals surface area contributed by atoms with Crippen molar-refractivity contribution in [2.24, 2.45) is 5.73 Å². The van der Waals surface area contributed by atoms with Crippen molar-refractivity contribution in [2.75, 3.05) is 26.2 Å². The van der Waals surface area contributed by atoms with E-state index in [1.54, 1.807) is 17.0 Å². The smallest absolute Gasteiger partial charge is 0.239 e. The monoisotopic (exact) mass is 301 g/mol. The van der Waals surface area contributed by atoms with Gasteiger partial charge in [0.25, 0.3) is 0 Å². The van der Waals surface area contributed by atoms with Gasteiger partial charge in [-0.1, -0.05) is 29.3 Å². The molecule has 1 fully saturated rings. The first-order valence-corrected chi connectivity index (χ1v) is 7.02. The Kier molecular flexibility index (Phi) is 5.05. The lowest BCUT2D eigenvalue weighted by atomic mass is 10.1. The summed E-state index contributed by atoms with van der Waals surface area (Å²) in [6.07, 6.45) is 0.429. The van der Waals surface area contributed by atoms with Crippen LogP contribution in [0.5, 0.6) is 0 Å². The highest BCUT2D eigenvalue weighted by molar-refractivity contribution is 6.35. The zero-order valence-electron chi connectivity index (χ0n) is 10.5. The van der Waals surface area contributed by atoms with E-state index in [1.165, 1.54) is 0 Å². The number of nitrogens with zero attached hydrogens (tertiary/aromatic N) is 1. The highest BCUT2D eigenvalue weighted by Gasteiger charge is 2.23. The number of carbonyl (C=O) groups excluding carboxylic acids is 1. The van der Waals surface area contributed by atoms with E-state index in [0.717, 1.165) is 18.7 Å². The maximum absolute atomic E-state index is 12.2. The fourth-order valence-electron chi connectivity index (χ4n) is 2.13. The molecule has 1 saturated heterocycles. The van der Waals surface area contributed by atoms with Crippen LogP contribution in [0.15, 0.2) is 18.2 Å². The number of nitrogens with one attached hydrogen (secondary N) is 1. The van der Waals surface area contributed by atoms with E-state index in [2.05, 4.69) is 5.32 Å². The van der Waals surface area contributed by atoms with Gasteiger partial charge in [-0.05, 0) is 24.1 Å². The average Bonchev–Trinajstić information content (AvgIpc) is 2.42. The Hall–Kier alpha value is -0.810. The predicted octanol–water partition coefficient (Wildman–Crippen LogP) is 1.29. The number of carbonyl (C=O) groups is 1. The summed E-state index contributed by atoms with van der Waals surface area (Å²) in [6.45, 7) is 3.06. The first kappa shape index (κ1) is 14.6. The molecule has 0 radical (unpaired) electrons. The highest BCUT2D eigenvalue weighted by atomic mass is 35.5. The van der Waals surface area contributed by atoms with Crippen molar-refractivity contribution in [3.8, 4) is 0 Å². The van der Waals surface area contributed by atoms with Gasteiger partial charge < -0.3 is 16.0 Å². The SMILES string of the molecule is NC(Cc1ccc(Cl)cc1Cl)C(=O)N1CCNCC1. The maximum Gasteiger partial charge on any atom is 0.239 e. The second-order valence-electron chi connectivity index (χ2n) is 4.62. The van der Waals surface area contributed by atoms with Crippen molar-refractivity contribution >= 4 is 29.1 Å². The fraction of sp³-hybridized carbons (Fsp3) is 0.462. The minimum absolute atomic E-state index is 0.0208. The van der Waals surface area contributed by atoms with E-state index in [4.69, 9.17) is 28.9 Å². The molecular formula is C13H17Cl2N3O. The van der Waals surface area contributed by atoms with E-state index in [1.807, 2.05) is 6.07 Å². The second kappa shape index (κ2) is 6.57. The van der Waals surface area contributed by atoms with Crippen LogP contribution in [0.25, 0.3) is 0 Å². The molecule has 19 heavy (non-hydrogen) atoms. The number of halogens is 2. The Bertz CT molecular complexity index is 461. The van der Waals surface area contributed by atoms with Crippen LogP contribution >= 0.6 is 23.2 Å². The molecule has 0 aromatic heterocycles. The molecule has 1 aliphatic heterocycles. The van der Waals surface area contributed by atoms with Gasteiger partial charge in [0.2, 0.25) is 5.91 Å². The van der Waals surface area contributed by atoms with Gasteiger partial charge in [0, 0.05) is 36.2 Å². The number of piperazine rings is 1. The maximum atomic E-state index is 12.2. The summed E-state index contributed by atoms with van der Waals surface area (Å²) in [7, 11) is 0. The van der Waals surface area contributed by atoms with E-state index in [-0.39, 0.29) is 5.91 Å². The molecule has 1 aliphatic rings. The summed E-state index contributed by atoms with van der Waals surface area (Å²) in [5.74, 6) is -0.0208. The van der Waals surface area contributed by atoms with Gasteiger partial charge in [-0.2, -0.15) is 0 Å². The molecule has 3 N–H and O–H groups in total. The van der Waals surface area contributed by atoms with Gasteiger partial charge in [-0.3, -0.25) is 4.79 Å². The molecule has 0 spiro atoms. The Balaban J connectivity index is 1.99. The molecule has 1 unspecified atom stereocenters. The molecule has 104 valence electrons. The van der Waals surface area contributed by atoms with Crippen molar-refractivity contribution in [3.05, 3.63) is 33.8 Å². The van der Waals surface area contributed by atoms with Gasteiger partial charge in [0.1, 0.15) is 0 Å². The zero-order valence-corrected chi connectivity index (χ0v) is 12.0. The van der Waals surface area contributed by atoms with Crippen LogP contribution in [-0.2, 0) is 11.2 Å². The number of amides is 1. The van der Waals surface area contributed by atoms with Gasteiger partial charge in [-0.15, -0.1) is 0 Å². The van der Waals surface area contributed by atoms with E-state index >= 15 is 0 Å². The van der Waals surface area contributed by atoms with Crippen LogP contribution in [0.2, 0.25) is 10.0 Å². The van der Waals surface area contributed by atoms with Crippen LogP contribution in [-0.4, -0.2) is 43.0 Å². The molecule has 1 aromatic carbocycles. The Labute approximate surface area is 122 Å². The second-order valence-corrected chi connectivity index (χ2v) is 5.47. The van der Waals surface area contributed by atoms with Gasteiger partial charge in [0.05, 0.1) is 6.04 Å². The molecule has 1 aromatic rings. The summed E-state index contributed by atoms with van der Waals surface area (Å²) < 4.78 is 0. The topological polar surface area (TPSA) is 58.4 Å². The number of benzene rings is 1. The Morgan fingerprint density at radius 2 is 2.05 bits per heavy atom. The average molecular weight is 302 g/mol. The van der Waals surface area contributed by atoms with Gasteiger partial charge >= 0.3 is 0 Å². The van der Waals surface area contributed by atoms with Crippen LogP contribution in [0.1, 0.15) is 5.56 Å². The number of rotatable bonds is 3. The Morgan fingerprint density at radius 1 is 1.37 bits per heavy atom.